The summed E-state index contributed by atoms with van der Waals surface area (Å²) in [4.78, 5) is 12.2. The summed E-state index contributed by atoms with van der Waals surface area (Å²) < 4.78 is 0. The minimum absolute atomic E-state index is 0.159. The van der Waals surface area contributed by atoms with E-state index in [1.165, 1.54) is 0 Å². The van der Waals surface area contributed by atoms with Crippen LogP contribution in [0.15, 0.2) is 48.5 Å². The Kier molecular flexibility index (Phi) is 5.14. The van der Waals surface area contributed by atoms with Crippen LogP contribution in [0.2, 0.25) is 0 Å². The predicted octanol–water partition coefficient (Wildman–Crippen LogP) is 3.37. The fourth-order valence-electron chi connectivity index (χ4n) is 2.29. The summed E-state index contributed by atoms with van der Waals surface area (Å²) in [6.07, 6.45) is 0. The number of nitrogens with one attached hydrogen (secondary N) is 2. The third kappa shape index (κ3) is 3.84. The summed E-state index contributed by atoms with van der Waals surface area (Å²) in [5, 5.41) is 5.67. The van der Waals surface area contributed by atoms with Crippen molar-refractivity contribution in [2.75, 3.05) is 10.6 Å². The van der Waals surface area contributed by atoms with Gasteiger partial charge in [0.1, 0.15) is 0 Å². The van der Waals surface area contributed by atoms with Crippen LogP contribution < -0.4 is 22.1 Å². The Bertz CT molecular complexity index is 597. The molecule has 0 bridgehead atoms. The molecule has 0 aliphatic carbocycles. The maximum absolute atomic E-state index is 12.2. The molecule has 5 nitrogen and oxygen atoms in total. The van der Waals surface area contributed by atoms with Gasteiger partial charge in [-0.25, -0.2) is 4.79 Å². The highest BCUT2D eigenvalue weighted by molar-refractivity contribution is 6.00. The summed E-state index contributed by atoms with van der Waals surface area (Å²) in [6.45, 7) is 3.76. The highest BCUT2D eigenvalue weighted by Gasteiger charge is 2.12. The van der Waals surface area contributed by atoms with Gasteiger partial charge < -0.3 is 22.1 Å². The van der Waals surface area contributed by atoms with E-state index in [1.807, 2.05) is 62.4 Å². The summed E-state index contributed by atoms with van der Waals surface area (Å²) in [5.41, 5.74) is 15.0. The van der Waals surface area contributed by atoms with Gasteiger partial charge in [-0.15, -0.1) is 0 Å². The molecule has 0 aromatic heterocycles. The smallest absolute Gasteiger partial charge is 0.323 e. The van der Waals surface area contributed by atoms with Crippen molar-refractivity contribution in [1.29, 1.82) is 0 Å². The zero-order chi connectivity index (χ0) is 16.1. The number of hydrogen-bond donors (Lipinski definition) is 4. The van der Waals surface area contributed by atoms with Gasteiger partial charge in [0, 0.05) is 23.5 Å². The molecule has 6 N–H and O–H groups in total. The molecule has 116 valence electrons. The quantitative estimate of drug-likeness (QED) is 0.697. The van der Waals surface area contributed by atoms with Gasteiger partial charge >= 0.3 is 6.03 Å². The number of hydrogen-bond acceptors (Lipinski definition) is 3. The molecule has 0 saturated carbocycles. The molecule has 2 unspecified atom stereocenters. The van der Waals surface area contributed by atoms with Crippen LogP contribution >= 0.6 is 0 Å². The van der Waals surface area contributed by atoms with E-state index in [2.05, 4.69) is 10.6 Å². The number of nitrogens with two attached hydrogens (primary N) is 2. The van der Waals surface area contributed by atoms with E-state index in [9.17, 15) is 4.79 Å². The van der Waals surface area contributed by atoms with E-state index in [-0.39, 0.29) is 18.1 Å². The molecule has 0 radical (unpaired) electrons. The third-order valence-electron chi connectivity index (χ3n) is 3.40. The van der Waals surface area contributed by atoms with E-state index in [0.29, 0.717) is 11.4 Å². The predicted molar refractivity (Wildman–Crippen MR) is 90.7 cm³/mol. The molecular weight excluding hydrogens is 276 g/mol. The number of carbonyl (C=O) groups is 1. The summed E-state index contributed by atoms with van der Waals surface area (Å²) >= 11 is 0. The van der Waals surface area contributed by atoms with Gasteiger partial charge in [-0.2, -0.15) is 0 Å². The lowest BCUT2D eigenvalue weighted by molar-refractivity contribution is 0.262. The van der Waals surface area contributed by atoms with Crippen molar-refractivity contribution in [2.24, 2.45) is 11.5 Å². The van der Waals surface area contributed by atoms with E-state index < -0.39 is 0 Å². The van der Waals surface area contributed by atoms with Gasteiger partial charge in [0.25, 0.3) is 0 Å². The molecule has 2 aromatic rings. The average molecular weight is 298 g/mol. The molecule has 0 fully saturated rings. The Balaban J connectivity index is 2.15. The number of urea groups is 1. The van der Waals surface area contributed by atoms with Crippen LogP contribution in [-0.4, -0.2) is 6.03 Å². The van der Waals surface area contributed by atoms with Crippen molar-refractivity contribution in [1.82, 2.24) is 0 Å². The molecule has 2 rings (SSSR count). The van der Waals surface area contributed by atoms with Crippen molar-refractivity contribution in [3.05, 3.63) is 59.7 Å². The van der Waals surface area contributed by atoms with Gasteiger partial charge in [-0.3, -0.25) is 0 Å². The number of para-hydroxylation sites is 2. The molecule has 0 spiro atoms. The first-order valence-corrected chi connectivity index (χ1v) is 7.26. The first kappa shape index (κ1) is 16.0. The van der Waals surface area contributed by atoms with E-state index >= 15 is 0 Å². The number of benzene rings is 2. The van der Waals surface area contributed by atoms with Crippen LogP contribution in [0.3, 0.4) is 0 Å². The number of rotatable bonds is 4. The lowest BCUT2D eigenvalue weighted by Crippen LogP contribution is -2.22. The van der Waals surface area contributed by atoms with E-state index in [1.54, 1.807) is 0 Å². The first-order valence-electron chi connectivity index (χ1n) is 7.26. The molecule has 5 heteroatoms. The van der Waals surface area contributed by atoms with Crippen LogP contribution in [0.25, 0.3) is 0 Å². The Morgan fingerprint density at radius 3 is 1.55 bits per heavy atom. The maximum Gasteiger partial charge on any atom is 0.323 e. The highest BCUT2D eigenvalue weighted by Crippen LogP contribution is 2.23. The second-order valence-corrected chi connectivity index (χ2v) is 5.33. The largest absolute Gasteiger partial charge is 0.324 e. The second kappa shape index (κ2) is 7.06. The van der Waals surface area contributed by atoms with Crippen LogP contribution in [0, 0.1) is 0 Å². The van der Waals surface area contributed by atoms with Crippen molar-refractivity contribution in [2.45, 2.75) is 25.9 Å². The lowest BCUT2D eigenvalue weighted by atomic mass is 10.1. The fraction of sp³-hybridized carbons (Fsp3) is 0.235. The number of carbonyl (C=O) groups excluding carboxylic acids is 1. The van der Waals surface area contributed by atoms with Crippen molar-refractivity contribution in [3.63, 3.8) is 0 Å². The molecule has 2 aromatic carbocycles. The monoisotopic (exact) mass is 298 g/mol. The van der Waals surface area contributed by atoms with Gasteiger partial charge in [0.2, 0.25) is 0 Å². The molecule has 2 amide bonds. The number of amides is 2. The first-order chi connectivity index (χ1) is 10.5. The minimum atomic E-state index is -0.318. The van der Waals surface area contributed by atoms with E-state index in [0.717, 1.165) is 11.1 Å². The van der Waals surface area contributed by atoms with Crippen LogP contribution in [-0.2, 0) is 0 Å². The lowest BCUT2D eigenvalue weighted by Gasteiger charge is -2.16. The van der Waals surface area contributed by atoms with Gasteiger partial charge in [0.05, 0.1) is 0 Å². The minimum Gasteiger partial charge on any atom is -0.324 e. The average Bonchev–Trinajstić information content (AvgIpc) is 2.47. The normalized spacial score (nSPS) is 13.3. The topological polar surface area (TPSA) is 93.2 Å². The Hall–Kier alpha value is -2.37. The summed E-state index contributed by atoms with van der Waals surface area (Å²) in [6, 6.07) is 14.3. The summed E-state index contributed by atoms with van der Waals surface area (Å²) in [5.74, 6) is 0. The van der Waals surface area contributed by atoms with E-state index in [4.69, 9.17) is 11.5 Å². The Morgan fingerprint density at radius 1 is 0.818 bits per heavy atom. The van der Waals surface area contributed by atoms with Crippen LogP contribution in [0.1, 0.15) is 37.1 Å². The Labute approximate surface area is 130 Å². The molecule has 0 heterocycles. The molecule has 22 heavy (non-hydrogen) atoms. The van der Waals surface area contributed by atoms with Gasteiger partial charge in [-0.1, -0.05) is 36.4 Å². The zero-order valence-electron chi connectivity index (χ0n) is 12.8. The van der Waals surface area contributed by atoms with Crippen molar-refractivity contribution in [3.8, 4) is 0 Å². The SMILES string of the molecule is CC(N)c1ccccc1NC(=O)Nc1ccccc1C(C)N. The van der Waals surface area contributed by atoms with Crippen LogP contribution in [0.5, 0.6) is 0 Å². The van der Waals surface area contributed by atoms with Gasteiger partial charge in [0.15, 0.2) is 0 Å². The molecular formula is C17H22N4O. The second-order valence-electron chi connectivity index (χ2n) is 5.33. The van der Waals surface area contributed by atoms with Crippen LogP contribution in [0.4, 0.5) is 16.2 Å². The maximum atomic E-state index is 12.2. The van der Waals surface area contributed by atoms with Crippen molar-refractivity contribution < 1.29 is 4.79 Å². The highest BCUT2D eigenvalue weighted by atomic mass is 16.2. The number of anilines is 2. The third-order valence-corrected chi connectivity index (χ3v) is 3.40. The molecule has 2 atom stereocenters. The summed E-state index contributed by atoms with van der Waals surface area (Å²) in [7, 11) is 0. The Morgan fingerprint density at radius 2 is 1.18 bits per heavy atom. The van der Waals surface area contributed by atoms with Crippen molar-refractivity contribution >= 4 is 17.4 Å². The fourth-order valence-corrected chi connectivity index (χ4v) is 2.29. The molecule has 0 aliphatic heterocycles. The van der Waals surface area contributed by atoms with Gasteiger partial charge in [-0.05, 0) is 37.1 Å². The zero-order valence-corrected chi connectivity index (χ0v) is 12.8. The standard InChI is InChI=1S/C17H22N4O/c1-11(18)13-7-3-5-9-15(13)20-17(22)21-16-10-6-4-8-14(16)12(2)19/h3-12H,18-19H2,1-2H3,(H2,20,21,22). The molecule has 0 aliphatic rings. The molecule has 0 saturated heterocycles.